The second kappa shape index (κ2) is 8.94. The molecule has 0 amide bonds. The van der Waals surface area contributed by atoms with Crippen molar-refractivity contribution in [1.82, 2.24) is 0 Å². The van der Waals surface area contributed by atoms with Crippen molar-refractivity contribution in [2.75, 3.05) is 17.7 Å². The Labute approximate surface area is 197 Å². The Bertz CT molecular complexity index is 825. The summed E-state index contributed by atoms with van der Waals surface area (Å²) in [5.41, 5.74) is 0. The van der Waals surface area contributed by atoms with E-state index in [9.17, 15) is 0 Å². The first kappa shape index (κ1) is 21.7. The van der Waals surface area contributed by atoms with Crippen molar-refractivity contribution >= 4 is 65.7 Å². The zero-order chi connectivity index (χ0) is 20.2. The molecule has 0 aliphatic carbocycles. The van der Waals surface area contributed by atoms with Gasteiger partial charge in [0, 0.05) is 0 Å². The molecule has 152 valence electrons. The van der Waals surface area contributed by atoms with E-state index in [1.54, 1.807) is 0 Å². The van der Waals surface area contributed by atoms with E-state index in [2.05, 4.69) is 143 Å². The van der Waals surface area contributed by atoms with E-state index in [0.717, 1.165) is 0 Å². The topological polar surface area (TPSA) is 0 Å². The molecule has 1 aliphatic heterocycles. The first-order valence-electron chi connectivity index (χ1n) is 10.3. The first-order valence-corrected chi connectivity index (χ1v) is 17.5. The molecule has 0 spiro atoms. The molecule has 3 aromatic carbocycles. The Morgan fingerprint density at radius 1 is 0.724 bits per heavy atom. The Kier molecular flexibility index (Phi) is 6.70. The van der Waals surface area contributed by atoms with E-state index in [1.807, 2.05) is 0 Å². The molecular weight excluding hydrogens is 522 g/mol. The molecule has 0 unspecified atom stereocenters. The molecule has 0 atom stereocenters. The van der Waals surface area contributed by atoms with Gasteiger partial charge in [-0.1, -0.05) is 0 Å². The van der Waals surface area contributed by atoms with E-state index in [-0.39, 0.29) is 0 Å². The van der Waals surface area contributed by atoms with E-state index in [1.165, 1.54) is 46.4 Å². The van der Waals surface area contributed by atoms with Gasteiger partial charge in [-0.3, -0.25) is 0 Å². The fraction of sp³-hybridized carbons (Fsp3) is 0.280. The third kappa shape index (κ3) is 3.93. The summed E-state index contributed by atoms with van der Waals surface area (Å²) in [5, 5.41) is 4.49. The van der Waals surface area contributed by atoms with Crippen molar-refractivity contribution in [3.63, 3.8) is 0 Å². The molecular formula is C25H28IPS2. The second-order valence-corrected chi connectivity index (χ2v) is 21.6. The Morgan fingerprint density at radius 2 is 1.10 bits per heavy atom. The fourth-order valence-electron chi connectivity index (χ4n) is 4.45. The maximum atomic E-state index is 2.93. The summed E-state index contributed by atoms with van der Waals surface area (Å²) in [5.74, 6) is 2.58. The molecule has 4 rings (SSSR count). The molecule has 0 radical (unpaired) electrons. The van der Waals surface area contributed by atoms with Crippen LogP contribution in [0.15, 0.2) is 91.0 Å². The van der Waals surface area contributed by atoms with Gasteiger partial charge in [0.2, 0.25) is 0 Å². The van der Waals surface area contributed by atoms with Gasteiger partial charge < -0.3 is 0 Å². The van der Waals surface area contributed by atoms with Crippen LogP contribution >= 0.6 is 49.8 Å². The average molecular weight is 551 g/mol. The van der Waals surface area contributed by atoms with Crippen molar-refractivity contribution in [3.05, 3.63) is 91.0 Å². The first-order chi connectivity index (χ1) is 14.1. The van der Waals surface area contributed by atoms with Crippen LogP contribution in [0.2, 0.25) is 0 Å². The van der Waals surface area contributed by atoms with Crippen LogP contribution in [0.3, 0.4) is 0 Å². The Hall–Kier alpha value is -0.480. The standard InChI is InChI=1S/C25H28IPS2/c1-2-25(28-20-21-29-25)18-19-27(26,22-12-6-3-7-13-22,23-14-8-4-9-15-23)24-16-10-5-11-17-24/h3-17H,2,18-21H2,1H3. The van der Waals surface area contributed by atoms with Gasteiger partial charge in [0.15, 0.2) is 0 Å². The fourth-order valence-corrected chi connectivity index (χ4v) is 16.4. The van der Waals surface area contributed by atoms with Crippen molar-refractivity contribution in [3.8, 4) is 0 Å². The van der Waals surface area contributed by atoms with Gasteiger partial charge in [0.05, 0.1) is 0 Å². The third-order valence-electron chi connectivity index (χ3n) is 6.15. The summed E-state index contributed by atoms with van der Waals surface area (Å²) in [6.45, 7) is 2.38. The molecule has 29 heavy (non-hydrogen) atoms. The molecule has 1 heterocycles. The monoisotopic (exact) mass is 550 g/mol. The van der Waals surface area contributed by atoms with Crippen molar-refractivity contribution in [2.24, 2.45) is 0 Å². The number of rotatable bonds is 7. The summed E-state index contributed by atoms with van der Waals surface area (Å²) >= 11 is 7.32. The van der Waals surface area contributed by atoms with Gasteiger partial charge in [-0.25, -0.2) is 0 Å². The van der Waals surface area contributed by atoms with Gasteiger partial charge in [0.1, 0.15) is 0 Å². The summed E-state index contributed by atoms with van der Waals surface area (Å²) in [6.07, 6.45) is 3.69. The van der Waals surface area contributed by atoms with Crippen LogP contribution in [0.25, 0.3) is 0 Å². The van der Waals surface area contributed by atoms with Crippen molar-refractivity contribution in [2.45, 2.75) is 23.8 Å². The molecule has 0 aromatic heterocycles. The molecule has 0 N–H and O–H groups in total. The second-order valence-electron chi connectivity index (χ2n) is 7.62. The minimum atomic E-state index is -2.63. The van der Waals surface area contributed by atoms with Gasteiger partial charge in [-0.05, 0) is 0 Å². The van der Waals surface area contributed by atoms with Crippen molar-refractivity contribution < 1.29 is 0 Å². The SMILES string of the molecule is CCC1(CCP(I)(c2ccccc2)(c2ccccc2)c2ccccc2)SCCS1. The Balaban J connectivity index is 1.94. The normalized spacial score (nSPS) is 17.5. The average Bonchev–Trinajstić information content (AvgIpc) is 3.29. The van der Waals surface area contributed by atoms with Gasteiger partial charge in [0.25, 0.3) is 0 Å². The summed E-state index contributed by atoms with van der Waals surface area (Å²) in [6, 6.07) is 34.0. The molecule has 0 saturated carbocycles. The number of hydrogen-bond acceptors (Lipinski definition) is 2. The third-order valence-corrected chi connectivity index (χ3v) is 21.6. The summed E-state index contributed by atoms with van der Waals surface area (Å²) in [7, 11) is 0. The van der Waals surface area contributed by atoms with Crippen LogP contribution in [-0.2, 0) is 0 Å². The summed E-state index contributed by atoms with van der Waals surface area (Å²) in [4.78, 5) is 0. The van der Waals surface area contributed by atoms with Crippen LogP contribution in [0, 0.1) is 0 Å². The molecule has 3 aromatic rings. The zero-order valence-electron chi connectivity index (χ0n) is 16.8. The van der Waals surface area contributed by atoms with E-state index in [0.29, 0.717) is 4.08 Å². The molecule has 1 saturated heterocycles. The predicted molar refractivity (Wildman–Crippen MR) is 147 cm³/mol. The molecule has 1 aliphatic rings. The zero-order valence-corrected chi connectivity index (χ0v) is 21.5. The molecule has 0 bridgehead atoms. The minimum absolute atomic E-state index is 0.368. The van der Waals surface area contributed by atoms with Crippen molar-refractivity contribution in [1.29, 1.82) is 0 Å². The number of benzene rings is 3. The Morgan fingerprint density at radius 3 is 1.45 bits per heavy atom. The molecule has 1 fully saturated rings. The van der Waals surface area contributed by atoms with E-state index in [4.69, 9.17) is 0 Å². The van der Waals surface area contributed by atoms with Gasteiger partial charge >= 0.3 is 198 Å². The van der Waals surface area contributed by atoms with E-state index < -0.39 is 4.25 Å². The molecule has 0 nitrogen and oxygen atoms in total. The van der Waals surface area contributed by atoms with Crippen LogP contribution in [0.4, 0.5) is 0 Å². The summed E-state index contributed by atoms with van der Waals surface area (Å²) < 4.78 is -2.26. The van der Waals surface area contributed by atoms with Crippen LogP contribution in [-0.4, -0.2) is 21.7 Å². The van der Waals surface area contributed by atoms with Gasteiger partial charge in [-0.15, -0.1) is 0 Å². The van der Waals surface area contributed by atoms with E-state index >= 15 is 0 Å². The number of thioether (sulfide) groups is 2. The number of hydrogen-bond donors (Lipinski definition) is 0. The predicted octanol–water partition coefficient (Wildman–Crippen LogP) is 6.84. The van der Waals surface area contributed by atoms with Gasteiger partial charge in [-0.2, -0.15) is 0 Å². The van der Waals surface area contributed by atoms with Crippen LogP contribution in [0.1, 0.15) is 19.8 Å². The number of halogens is 1. The maximum absolute atomic E-state index is 2.93. The van der Waals surface area contributed by atoms with Crippen LogP contribution in [0.5, 0.6) is 0 Å². The molecule has 4 heteroatoms. The quantitative estimate of drug-likeness (QED) is 0.233. The van der Waals surface area contributed by atoms with Crippen LogP contribution < -0.4 is 15.9 Å².